The van der Waals surface area contributed by atoms with Gasteiger partial charge in [0.1, 0.15) is 25.1 Å². The number of carbonyl (C=O) groups is 1. The van der Waals surface area contributed by atoms with Crippen LogP contribution in [0.2, 0.25) is 0 Å². The van der Waals surface area contributed by atoms with Crippen molar-refractivity contribution in [1.29, 1.82) is 0 Å². The highest BCUT2D eigenvalue weighted by molar-refractivity contribution is 5.98. The number of aryl methyl sites for hydroxylation is 2. The Labute approximate surface area is 158 Å². The summed E-state index contributed by atoms with van der Waals surface area (Å²) in [6, 6.07) is 7.27. The molecule has 7 nitrogen and oxygen atoms in total. The summed E-state index contributed by atoms with van der Waals surface area (Å²) in [5, 5.41) is 0. The SMILES string of the molecule is Cc1cc(O[C@H]2CCCN(C(=O)c3cccc4c3OCCO4)C2)nc(C)n1. The third-order valence-electron chi connectivity index (χ3n) is 4.69. The quantitative estimate of drug-likeness (QED) is 0.828. The van der Waals surface area contributed by atoms with Crippen molar-refractivity contribution in [1.82, 2.24) is 14.9 Å². The maximum atomic E-state index is 13.1. The highest BCUT2D eigenvalue weighted by Crippen LogP contribution is 2.34. The summed E-state index contributed by atoms with van der Waals surface area (Å²) in [6.45, 7) is 5.93. The number of likely N-dealkylation sites (tertiary alicyclic amines) is 1. The molecule has 1 atom stereocenters. The molecule has 1 amide bonds. The van der Waals surface area contributed by atoms with Crippen LogP contribution in [0.3, 0.4) is 0 Å². The van der Waals surface area contributed by atoms with Crippen molar-refractivity contribution >= 4 is 5.91 Å². The lowest BCUT2D eigenvalue weighted by molar-refractivity contribution is 0.0519. The molecular formula is C20H23N3O4. The number of hydrogen-bond acceptors (Lipinski definition) is 6. The number of para-hydroxylation sites is 1. The molecule has 142 valence electrons. The van der Waals surface area contributed by atoms with Gasteiger partial charge in [-0.05, 0) is 38.8 Å². The van der Waals surface area contributed by atoms with Gasteiger partial charge < -0.3 is 19.1 Å². The largest absolute Gasteiger partial charge is 0.486 e. The van der Waals surface area contributed by atoms with Gasteiger partial charge in [-0.3, -0.25) is 4.79 Å². The molecule has 1 aromatic heterocycles. The van der Waals surface area contributed by atoms with E-state index in [-0.39, 0.29) is 12.0 Å². The van der Waals surface area contributed by atoms with E-state index in [2.05, 4.69) is 9.97 Å². The standard InChI is InChI=1S/C20H23N3O4/c1-13-11-18(22-14(2)21-13)27-15-5-4-8-23(12-15)20(24)16-6-3-7-17-19(16)26-10-9-25-17/h3,6-7,11,15H,4-5,8-10,12H2,1-2H3/t15-/m0/s1. The number of rotatable bonds is 3. The molecule has 7 heteroatoms. The Morgan fingerprint density at radius 3 is 2.93 bits per heavy atom. The summed E-state index contributed by atoms with van der Waals surface area (Å²) in [7, 11) is 0. The Hall–Kier alpha value is -2.83. The van der Waals surface area contributed by atoms with Crippen LogP contribution in [0.25, 0.3) is 0 Å². The van der Waals surface area contributed by atoms with Gasteiger partial charge in [0.05, 0.1) is 12.1 Å². The molecule has 1 aromatic carbocycles. The summed E-state index contributed by atoms with van der Waals surface area (Å²) in [5.74, 6) is 2.36. The van der Waals surface area contributed by atoms with E-state index in [9.17, 15) is 4.79 Å². The molecular weight excluding hydrogens is 346 g/mol. The highest BCUT2D eigenvalue weighted by atomic mass is 16.6. The van der Waals surface area contributed by atoms with Crippen molar-refractivity contribution in [2.45, 2.75) is 32.8 Å². The van der Waals surface area contributed by atoms with Gasteiger partial charge in [-0.25, -0.2) is 4.98 Å². The maximum absolute atomic E-state index is 13.1. The molecule has 0 unspecified atom stereocenters. The number of ether oxygens (including phenoxy) is 3. The fourth-order valence-corrected chi connectivity index (χ4v) is 3.55. The molecule has 1 saturated heterocycles. The minimum Gasteiger partial charge on any atom is -0.486 e. The predicted molar refractivity (Wildman–Crippen MR) is 98.5 cm³/mol. The van der Waals surface area contributed by atoms with E-state index in [0.29, 0.717) is 55.1 Å². The third kappa shape index (κ3) is 3.82. The van der Waals surface area contributed by atoms with Crippen molar-refractivity contribution < 1.29 is 19.0 Å². The average molecular weight is 369 g/mol. The zero-order valence-corrected chi connectivity index (χ0v) is 15.6. The Balaban J connectivity index is 1.49. The van der Waals surface area contributed by atoms with Crippen LogP contribution >= 0.6 is 0 Å². The number of aromatic nitrogens is 2. The smallest absolute Gasteiger partial charge is 0.257 e. The molecule has 1 fully saturated rings. The molecule has 0 aliphatic carbocycles. The number of carbonyl (C=O) groups excluding carboxylic acids is 1. The Morgan fingerprint density at radius 2 is 2.07 bits per heavy atom. The van der Waals surface area contributed by atoms with Gasteiger partial charge in [0.2, 0.25) is 5.88 Å². The van der Waals surface area contributed by atoms with E-state index in [1.54, 1.807) is 6.07 Å². The molecule has 0 bridgehead atoms. The minimum atomic E-state index is -0.0897. The van der Waals surface area contributed by atoms with Crippen LogP contribution in [0.1, 0.15) is 34.7 Å². The number of fused-ring (bicyclic) bond motifs is 1. The van der Waals surface area contributed by atoms with Crippen LogP contribution in [0.5, 0.6) is 17.4 Å². The van der Waals surface area contributed by atoms with Crippen LogP contribution in [0, 0.1) is 13.8 Å². The fraction of sp³-hybridized carbons (Fsp3) is 0.450. The van der Waals surface area contributed by atoms with E-state index >= 15 is 0 Å². The lowest BCUT2D eigenvalue weighted by Crippen LogP contribution is -2.44. The van der Waals surface area contributed by atoms with Gasteiger partial charge in [-0.2, -0.15) is 4.98 Å². The topological polar surface area (TPSA) is 73.8 Å². The van der Waals surface area contributed by atoms with E-state index in [4.69, 9.17) is 14.2 Å². The summed E-state index contributed by atoms with van der Waals surface area (Å²) in [6.07, 6.45) is 1.68. The summed E-state index contributed by atoms with van der Waals surface area (Å²) >= 11 is 0. The molecule has 3 heterocycles. The molecule has 0 N–H and O–H groups in total. The number of benzene rings is 1. The van der Waals surface area contributed by atoms with Crippen LogP contribution in [-0.4, -0.2) is 53.2 Å². The maximum Gasteiger partial charge on any atom is 0.257 e. The molecule has 27 heavy (non-hydrogen) atoms. The van der Waals surface area contributed by atoms with E-state index in [1.165, 1.54) is 0 Å². The first-order chi connectivity index (χ1) is 13.1. The Bertz CT molecular complexity index is 835. The van der Waals surface area contributed by atoms with Crippen molar-refractivity contribution in [2.24, 2.45) is 0 Å². The normalized spacial score (nSPS) is 18.9. The number of nitrogens with zero attached hydrogens (tertiary/aromatic N) is 3. The monoisotopic (exact) mass is 369 g/mol. The summed E-state index contributed by atoms with van der Waals surface area (Å²) in [4.78, 5) is 23.5. The molecule has 2 aromatic rings. The molecule has 4 rings (SSSR count). The van der Waals surface area contributed by atoms with Gasteiger partial charge in [0.15, 0.2) is 11.5 Å². The van der Waals surface area contributed by atoms with Gasteiger partial charge in [0.25, 0.3) is 5.91 Å². The van der Waals surface area contributed by atoms with Gasteiger partial charge in [-0.15, -0.1) is 0 Å². The predicted octanol–water partition coefficient (Wildman–Crippen LogP) is 2.55. The van der Waals surface area contributed by atoms with Crippen LogP contribution in [0.15, 0.2) is 24.3 Å². The van der Waals surface area contributed by atoms with Gasteiger partial charge in [0, 0.05) is 18.3 Å². The first kappa shape index (κ1) is 17.6. The molecule has 2 aliphatic heterocycles. The molecule has 0 radical (unpaired) electrons. The van der Waals surface area contributed by atoms with E-state index in [0.717, 1.165) is 18.5 Å². The molecule has 0 spiro atoms. The molecule has 2 aliphatic rings. The van der Waals surface area contributed by atoms with Crippen LogP contribution in [0.4, 0.5) is 0 Å². The fourth-order valence-electron chi connectivity index (χ4n) is 3.55. The first-order valence-electron chi connectivity index (χ1n) is 9.27. The highest BCUT2D eigenvalue weighted by Gasteiger charge is 2.29. The minimum absolute atomic E-state index is 0.0549. The van der Waals surface area contributed by atoms with Crippen molar-refractivity contribution in [3.63, 3.8) is 0 Å². The lowest BCUT2D eigenvalue weighted by atomic mass is 10.1. The summed E-state index contributed by atoms with van der Waals surface area (Å²) < 4.78 is 17.3. The van der Waals surface area contributed by atoms with Crippen LogP contribution < -0.4 is 14.2 Å². The Kier molecular flexibility index (Phi) is 4.83. The third-order valence-corrected chi connectivity index (χ3v) is 4.69. The summed E-state index contributed by atoms with van der Waals surface area (Å²) in [5.41, 5.74) is 1.41. The van der Waals surface area contributed by atoms with Crippen molar-refractivity contribution in [2.75, 3.05) is 26.3 Å². The van der Waals surface area contributed by atoms with E-state index < -0.39 is 0 Å². The number of hydrogen-bond donors (Lipinski definition) is 0. The van der Waals surface area contributed by atoms with Crippen molar-refractivity contribution in [3.8, 4) is 17.4 Å². The lowest BCUT2D eigenvalue weighted by Gasteiger charge is -2.33. The van der Waals surface area contributed by atoms with Crippen molar-refractivity contribution in [3.05, 3.63) is 41.3 Å². The average Bonchev–Trinajstić information content (AvgIpc) is 2.66. The second kappa shape index (κ2) is 7.42. The second-order valence-corrected chi connectivity index (χ2v) is 6.86. The van der Waals surface area contributed by atoms with Gasteiger partial charge >= 0.3 is 0 Å². The first-order valence-corrected chi connectivity index (χ1v) is 9.27. The Morgan fingerprint density at radius 1 is 1.22 bits per heavy atom. The zero-order valence-electron chi connectivity index (χ0n) is 15.6. The molecule has 0 saturated carbocycles. The number of amides is 1. The zero-order chi connectivity index (χ0) is 18.8. The number of piperidine rings is 1. The van der Waals surface area contributed by atoms with Gasteiger partial charge in [-0.1, -0.05) is 6.07 Å². The second-order valence-electron chi connectivity index (χ2n) is 6.86. The van der Waals surface area contributed by atoms with E-state index in [1.807, 2.05) is 36.9 Å². The van der Waals surface area contributed by atoms with Crippen LogP contribution in [-0.2, 0) is 0 Å².